The van der Waals surface area contributed by atoms with E-state index < -0.39 is 0 Å². The number of unbranched alkanes of at least 4 members (excludes halogenated alkanes) is 2. The maximum Gasteiger partial charge on any atom is -0.0169 e. The molecule has 0 spiro atoms. The van der Waals surface area contributed by atoms with Gasteiger partial charge in [0.05, 0.1) is 0 Å². The zero-order chi connectivity index (χ0) is 12.6. The van der Waals surface area contributed by atoms with Crippen LogP contribution in [0.3, 0.4) is 0 Å². The normalized spacial score (nSPS) is 12.8. The van der Waals surface area contributed by atoms with Gasteiger partial charge in [-0.15, -0.1) is 0 Å². The summed E-state index contributed by atoms with van der Waals surface area (Å²) in [4.78, 5) is 0. The number of hydrogen-bond donors (Lipinski definition) is 0. The van der Waals surface area contributed by atoms with Gasteiger partial charge in [0, 0.05) is 0 Å². The highest BCUT2D eigenvalue weighted by atomic mass is 13.8. The molecule has 0 unspecified atom stereocenters. The van der Waals surface area contributed by atoms with Crippen LogP contribution in [-0.2, 0) is 0 Å². The van der Waals surface area contributed by atoms with Crippen molar-refractivity contribution in [3.05, 3.63) is 48.6 Å². The Bertz CT molecular complexity index is 241. The Kier molecular flexibility index (Phi) is 14.0. The maximum atomic E-state index is 2.29. The van der Waals surface area contributed by atoms with E-state index in [-0.39, 0.29) is 0 Å². The molecule has 0 aromatic carbocycles. The van der Waals surface area contributed by atoms with Gasteiger partial charge in [0.2, 0.25) is 0 Å². The molecule has 0 bridgehead atoms. The van der Waals surface area contributed by atoms with Crippen molar-refractivity contribution in [3.63, 3.8) is 0 Å². The molecular formula is C17H28. The van der Waals surface area contributed by atoms with Gasteiger partial charge in [-0.25, -0.2) is 0 Å². The van der Waals surface area contributed by atoms with Crippen LogP contribution in [0.25, 0.3) is 0 Å². The van der Waals surface area contributed by atoms with E-state index in [1.807, 2.05) is 0 Å². The lowest BCUT2D eigenvalue weighted by molar-refractivity contribution is 0.813. The molecule has 0 radical (unpaired) electrons. The number of rotatable bonds is 10. The topological polar surface area (TPSA) is 0 Å². The molecule has 0 amide bonds. The van der Waals surface area contributed by atoms with Crippen molar-refractivity contribution in [1.82, 2.24) is 0 Å². The molecule has 0 aliphatic carbocycles. The first-order valence-electron chi connectivity index (χ1n) is 7.01. The van der Waals surface area contributed by atoms with Crippen molar-refractivity contribution in [3.8, 4) is 0 Å². The zero-order valence-corrected chi connectivity index (χ0v) is 11.6. The van der Waals surface area contributed by atoms with Crippen LogP contribution in [0.2, 0.25) is 0 Å². The van der Waals surface area contributed by atoms with E-state index in [1.54, 1.807) is 0 Å². The van der Waals surface area contributed by atoms with Crippen molar-refractivity contribution in [1.29, 1.82) is 0 Å². The summed E-state index contributed by atoms with van der Waals surface area (Å²) in [7, 11) is 0. The molecule has 17 heavy (non-hydrogen) atoms. The smallest absolute Gasteiger partial charge is 0.0169 e. The van der Waals surface area contributed by atoms with Crippen LogP contribution in [0, 0.1) is 0 Å². The van der Waals surface area contributed by atoms with Crippen LogP contribution < -0.4 is 0 Å². The van der Waals surface area contributed by atoms with Crippen molar-refractivity contribution in [2.45, 2.75) is 58.8 Å². The Morgan fingerprint density at radius 2 is 1.06 bits per heavy atom. The average Bonchev–Trinajstić information content (AvgIpc) is 2.35. The summed E-state index contributed by atoms with van der Waals surface area (Å²) < 4.78 is 0. The summed E-state index contributed by atoms with van der Waals surface area (Å²) in [5, 5.41) is 0. The van der Waals surface area contributed by atoms with Gasteiger partial charge in [-0.1, -0.05) is 75.3 Å². The van der Waals surface area contributed by atoms with Gasteiger partial charge >= 0.3 is 0 Å². The van der Waals surface area contributed by atoms with Crippen LogP contribution in [0.1, 0.15) is 58.8 Å². The first-order chi connectivity index (χ1) is 8.41. The average molecular weight is 232 g/mol. The molecule has 0 aromatic rings. The monoisotopic (exact) mass is 232 g/mol. The van der Waals surface area contributed by atoms with Gasteiger partial charge in [-0.05, 0) is 32.1 Å². The molecule has 0 nitrogen and oxygen atoms in total. The second-order valence-electron chi connectivity index (χ2n) is 4.14. The molecule has 0 aliphatic heterocycles. The van der Waals surface area contributed by atoms with E-state index in [1.165, 1.54) is 19.3 Å². The Labute approximate surface area is 108 Å². The van der Waals surface area contributed by atoms with Crippen LogP contribution in [0.4, 0.5) is 0 Å². The van der Waals surface area contributed by atoms with E-state index in [2.05, 4.69) is 62.5 Å². The first-order valence-corrected chi connectivity index (χ1v) is 7.01. The van der Waals surface area contributed by atoms with Crippen molar-refractivity contribution in [2.75, 3.05) is 0 Å². The third-order valence-electron chi connectivity index (χ3n) is 2.44. The Hall–Kier alpha value is -1.04. The minimum atomic E-state index is 1.06. The highest BCUT2D eigenvalue weighted by Gasteiger charge is 1.77. The predicted octanol–water partition coefficient (Wildman–Crippen LogP) is 5.98. The predicted molar refractivity (Wildman–Crippen MR) is 80.2 cm³/mol. The molecule has 0 aromatic heterocycles. The number of allylic oxidation sites excluding steroid dienone is 8. The van der Waals surface area contributed by atoms with Crippen molar-refractivity contribution in [2.24, 2.45) is 0 Å². The van der Waals surface area contributed by atoms with Gasteiger partial charge < -0.3 is 0 Å². The second kappa shape index (κ2) is 15.0. The molecular weight excluding hydrogens is 204 g/mol. The van der Waals surface area contributed by atoms with Crippen LogP contribution in [-0.4, -0.2) is 0 Å². The quantitative estimate of drug-likeness (QED) is 0.321. The third kappa shape index (κ3) is 15.0. The van der Waals surface area contributed by atoms with Crippen LogP contribution in [0.5, 0.6) is 0 Å². The maximum absolute atomic E-state index is 2.29. The molecule has 0 aliphatic rings. The van der Waals surface area contributed by atoms with Crippen LogP contribution >= 0.6 is 0 Å². The molecule has 96 valence electrons. The third-order valence-corrected chi connectivity index (χ3v) is 2.44. The molecule has 0 fully saturated rings. The zero-order valence-electron chi connectivity index (χ0n) is 11.6. The summed E-state index contributed by atoms with van der Waals surface area (Å²) >= 11 is 0. The fourth-order valence-electron chi connectivity index (χ4n) is 1.42. The van der Waals surface area contributed by atoms with E-state index >= 15 is 0 Å². The van der Waals surface area contributed by atoms with Gasteiger partial charge in [0.1, 0.15) is 0 Å². The fraction of sp³-hybridized carbons (Fsp3) is 0.529. The molecule has 0 saturated carbocycles. The molecule has 0 heteroatoms. The molecule has 0 N–H and O–H groups in total. The summed E-state index contributed by atoms with van der Waals surface area (Å²) in [5.41, 5.74) is 0. The van der Waals surface area contributed by atoms with Gasteiger partial charge in [0.25, 0.3) is 0 Å². The van der Waals surface area contributed by atoms with Crippen molar-refractivity contribution < 1.29 is 0 Å². The largest absolute Gasteiger partial charge is 0.0885 e. The lowest BCUT2D eigenvalue weighted by Crippen LogP contribution is -1.67. The lowest BCUT2D eigenvalue weighted by atomic mass is 10.2. The highest BCUT2D eigenvalue weighted by Crippen LogP contribution is 1.97. The van der Waals surface area contributed by atoms with Crippen LogP contribution in [0.15, 0.2) is 48.6 Å². The molecule has 0 rings (SSSR count). The Morgan fingerprint density at radius 1 is 0.588 bits per heavy atom. The lowest BCUT2D eigenvalue weighted by Gasteiger charge is -1.87. The van der Waals surface area contributed by atoms with Gasteiger partial charge in [-0.3, -0.25) is 0 Å². The SMILES string of the molecule is CC/C=C/C/C=C/C/C=C/C/C=C/CCCC. The van der Waals surface area contributed by atoms with Crippen molar-refractivity contribution >= 4 is 0 Å². The van der Waals surface area contributed by atoms with E-state index in [0.29, 0.717) is 0 Å². The van der Waals surface area contributed by atoms with E-state index in [0.717, 1.165) is 25.7 Å². The summed E-state index contributed by atoms with van der Waals surface area (Å²) in [6.07, 6.45) is 26.1. The highest BCUT2D eigenvalue weighted by molar-refractivity contribution is 4.99. The van der Waals surface area contributed by atoms with E-state index in [9.17, 15) is 0 Å². The minimum Gasteiger partial charge on any atom is -0.0885 e. The standard InChI is InChI=1S/C17H28/c1-3-5-7-9-11-13-15-17-16-14-12-10-8-6-4-2/h5,7,10-13,16-17H,3-4,6,8-9,14-15H2,1-2H3/b7-5+,12-10+,13-11+,17-16+. The molecule has 0 atom stereocenters. The Balaban J connectivity index is 3.35. The minimum absolute atomic E-state index is 1.06. The first kappa shape index (κ1) is 16.0. The molecule has 0 heterocycles. The summed E-state index contributed by atoms with van der Waals surface area (Å²) in [5.74, 6) is 0. The fourth-order valence-corrected chi connectivity index (χ4v) is 1.42. The number of hydrogen-bond acceptors (Lipinski definition) is 0. The Morgan fingerprint density at radius 3 is 1.53 bits per heavy atom. The van der Waals surface area contributed by atoms with Gasteiger partial charge in [-0.2, -0.15) is 0 Å². The summed E-state index contributed by atoms with van der Waals surface area (Å²) in [6, 6.07) is 0. The summed E-state index contributed by atoms with van der Waals surface area (Å²) in [6.45, 7) is 4.40. The molecule has 0 saturated heterocycles. The second-order valence-corrected chi connectivity index (χ2v) is 4.14. The van der Waals surface area contributed by atoms with Gasteiger partial charge in [0.15, 0.2) is 0 Å². The van der Waals surface area contributed by atoms with E-state index in [4.69, 9.17) is 0 Å².